The first-order valence-electron chi connectivity index (χ1n) is 7.16. The van der Waals surface area contributed by atoms with Gasteiger partial charge in [0, 0.05) is 24.1 Å². The lowest BCUT2D eigenvalue weighted by molar-refractivity contribution is 0.563. The molecule has 3 rings (SSSR count). The maximum absolute atomic E-state index is 6.01. The van der Waals surface area contributed by atoms with Gasteiger partial charge >= 0.3 is 0 Å². The van der Waals surface area contributed by atoms with Crippen LogP contribution >= 0.6 is 0 Å². The summed E-state index contributed by atoms with van der Waals surface area (Å²) in [6, 6.07) is 0.338. The quantitative estimate of drug-likeness (QED) is 0.733. The molecule has 94 valence electrons. The largest absolute Gasteiger partial charge is 0.345 e. The summed E-state index contributed by atoms with van der Waals surface area (Å²) in [6.07, 6.45) is 11.3. The topological polar surface area (TPSA) is 54.7 Å². The molecule has 0 aromatic carbocycles. The van der Waals surface area contributed by atoms with Gasteiger partial charge in [-0.1, -0.05) is 25.7 Å². The summed E-state index contributed by atoms with van der Waals surface area (Å²) < 4.78 is 0. The van der Waals surface area contributed by atoms with Gasteiger partial charge in [0.15, 0.2) is 0 Å². The van der Waals surface area contributed by atoms with Crippen LogP contribution in [0, 0.1) is 0 Å². The van der Waals surface area contributed by atoms with Crippen molar-refractivity contribution in [2.75, 3.05) is 0 Å². The van der Waals surface area contributed by atoms with Crippen molar-refractivity contribution in [3.05, 3.63) is 17.2 Å². The Morgan fingerprint density at radius 1 is 1.06 bits per heavy atom. The molecule has 17 heavy (non-hydrogen) atoms. The number of hydrogen-bond donors (Lipinski definition) is 2. The van der Waals surface area contributed by atoms with Crippen LogP contribution in [-0.4, -0.2) is 16.0 Å². The van der Waals surface area contributed by atoms with Crippen LogP contribution in [0.2, 0.25) is 0 Å². The van der Waals surface area contributed by atoms with E-state index in [4.69, 9.17) is 10.7 Å². The molecule has 2 aliphatic carbocycles. The second-order valence-corrected chi connectivity index (χ2v) is 5.74. The van der Waals surface area contributed by atoms with Crippen LogP contribution in [0.4, 0.5) is 0 Å². The lowest BCUT2D eigenvalue weighted by Crippen LogP contribution is -2.27. The van der Waals surface area contributed by atoms with Crippen molar-refractivity contribution in [2.45, 2.75) is 69.7 Å². The van der Waals surface area contributed by atoms with E-state index >= 15 is 0 Å². The van der Waals surface area contributed by atoms with Gasteiger partial charge in [0.25, 0.3) is 0 Å². The van der Waals surface area contributed by atoms with E-state index in [9.17, 15) is 0 Å². The molecule has 0 aliphatic heterocycles. The summed E-state index contributed by atoms with van der Waals surface area (Å²) in [4.78, 5) is 8.41. The minimum Gasteiger partial charge on any atom is -0.345 e. The third-order valence-electron chi connectivity index (χ3n) is 4.34. The van der Waals surface area contributed by atoms with Crippen LogP contribution in [-0.2, 0) is 12.8 Å². The molecule has 3 nitrogen and oxygen atoms in total. The number of nitrogens with two attached hydrogens (primary N) is 1. The van der Waals surface area contributed by atoms with Crippen LogP contribution in [0.5, 0.6) is 0 Å². The highest BCUT2D eigenvalue weighted by molar-refractivity contribution is 5.21. The predicted octanol–water partition coefficient (Wildman–Crippen LogP) is 2.66. The molecule has 0 bridgehead atoms. The van der Waals surface area contributed by atoms with Crippen LogP contribution < -0.4 is 5.73 Å². The average molecular weight is 233 g/mol. The molecule has 1 heterocycles. The summed E-state index contributed by atoms with van der Waals surface area (Å²) in [5, 5.41) is 0. The zero-order valence-electron chi connectivity index (χ0n) is 10.5. The molecular weight excluding hydrogens is 210 g/mol. The van der Waals surface area contributed by atoms with Gasteiger partial charge in [-0.05, 0) is 25.7 Å². The minimum absolute atomic E-state index is 0.338. The molecule has 3 N–H and O–H groups in total. The van der Waals surface area contributed by atoms with E-state index in [2.05, 4.69) is 4.98 Å². The van der Waals surface area contributed by atoms with E-state index in [1.165, 1.54) is 55.7 Å². The summed E-state index contributed by atoms with van der Waals surface area (Å²) in [5.41, 5.74) is 8.63. The number of rotatable bonds is 1. The molecular formula is C14H23N3. The van der Waals surface area contributed by atoms with Gasteiger partial charge in [-0.15, -0.1) is 0 Å². The van der Waals surface area contributed by atoms with Crippen molar-refractivity contribution >= 4 is 0 Å². The third kappa shape index (κ3) is 2.39. The number of H-pyrrole nitrogens is 1. The molecule has 0 saturated heterocycles. The molecule has 0 spiro atoms. The Kier molecular flexibility index (Phi) is 3.19. The first-order valence-corrected chi connectivity index (χ1v) is 7.16. The predicted molar refractivity (Wildman–Crippen MR) is 69.0 cm³/mol. The Balaban J connectivity index is 1.79. The Morgan fingerprint density at radius 3 is 2.59 bits per heavy atom. The van der Waals surface area contributed by atoms with Gasteiger partial charge in [-0.25, -0.2) is 4.98 Å². The molecule has 1 atom stereocenters. The zero-order valence-corrected chi connectivity index (χ0v) is 10.5. The van der Waals surface area contributed by atoms with Crippen LogP contribution in [0.25, 0.3) is 0 Å². The van der Waals surface area contributed by atoms with E-state index in [1.54, 1.807) is 0 Å². The zero-order chi connectivity index (χ0) is 11.7. The van der Waals surface area contributed by atoms with E-state index in [0.29, 0.717) is 12.0 Å². The van der Waals surface area contributed by atoms with Crippen molar-refractivity contribution in [1.29, 1.82) is 0 Å². The molecule has 0 radical (unpaired) electrons. The summed E-state index contributed by atoms with van der Waals surface area (Å²) in [5.74, 6) is 1.94. The molecule has 0 amide bonds. The van der Waals surface area contributed by atoms with Crippen LogP contribution in [0.3, 0.4) is 0 Å². The van der Waals surface area contributed by atoms with E-state index < -0.39 is 0 Å². The SMILES string of the molecule is NC1CCc2nc(C3CCCCCC3)[nH]c2C1. The number of hydrogen-bond acceptors (Lipinski definition) is 2. The second kappa shape index (κ2) is 4.81. The van der Waals surface area contributed by atoms with Gasteiger partial charge < -0.3 is 10.7 Å². The van der Waals surface area contributed by atoms with Gasteiger partial charge in [0.1, 0.15) is 5.82 Å². The number of aryl methyl sites for hydroxylation is 1. The van der Waals surface area contributed by atoms with E-state index in [-0.39, 0.29) is 0 Å². The normalized spacial score (nSPS) is 26.5. The van der Waals surface area contributed by atoms with Crippen molar-refractivity contribution in [3.63, 3.8) is 0 Å². The molecule has 2 aliphatic rings. The Morgan fingerprint density at radius 2 is 1.82 bits per heavy atom. The number of nitrogens with zero attached hydrogens (tertiary/aromatic N) is 1. The van der Waals surface area contributed by atoms with Crippen molar-refractivity contribution in [2.24, 2.45) is 5.73 Å². The number of fused-ring (bicyclic) bond motifs is 1. The van der Waals surface area contributed by atoms with Gasteiger partial charge in [0.2, 0.25) is 0 Å². The maximum Gasteiger partial charge on any atom is 0.109 e. The third-order valence-corrected chi connectivity index (χ3v) is 4.34. The monoisotopic (exact) mass is 233 g/mol. The van der Waals surface area contributed by atoms with Gasteiger partial charge in [0.05, 0.1) is 5.69 Å². The first-order chi connectivity index (χ1) is 8.33. The van der Waals surface area contributed by atoms with Crippen molar-refractivity contribution < 1.29 is 0 Å². The summed E-state index contributed by atoms with van der Waals surface area (Å²) in [6.45, 7) is 0. The highest BCUT2D eigenvalue weighted by atomic mass is 15.0. The summed E-state index contributed by atoms with van der Waals surface area (Å²) in [7, 11) is 0. The number of nitrogens with one attached hydrogen (secondary N) is 1. The fraction of sp³-hybridized carbons (Fsp3) is 0.786. The van der Waals surface area contributed by atoms with Gasteiger partial charge in [-0.3, -0.25) is 0 Å². The highest BCUT2D eigenvalue weighted by Crippen LogP contribution is 2.31. The molecule has 1 fully saturated rings. The van der Waals surface area contributed by atoms with Crippen molar-refractivity contribution in [3.8, 4) is 0 Å². The molecule has 1 unspecified atom stereocenters. The smallest absolute Gasteiger partial charge is 0.109 e. The fourth-order valence-electron chi connectivity index (χ4n) is 3.28. The standard InChI is InChI=1S/C14H23N3/c15-11-7-8-12-13(9-11)17-14(16-12)10-5-3-1-2-4-6-10/h10-11H,1-9,15H2,(H,16,17). The van der Waals surface area contributed by atoms with E-state index in [1.807, 2.05) is 0 Å². The lowest BCUT2D eigenvalue weighted by atomic mass is 9.97. The lowest BCUT2D eigenvalue weighted by Gasteiger charge is -2.16. The van der Waals surface area contributed by atoms with E-state index in [0.717, 1.165) is 19.3 Å². The number of imidazole rings is 1. The molecule has 1 aromatic rings. The Labute approximate surface area is 103 Å². The summed E-state index contributed by atoms with van der Waals surface area (Å²) >= 11 is 0. The van der Waals surface area contributed by atoms with Crippen molar-refractivity contribution in [1.82, 2.24) is 9.97 Å². The molecule has 1 aromatic heterocycles. The minimum atomic E-state index is 0.338. The number of aromatic nitrogens is 2. The molecule has 1 saturated carbocycles. The maximum atomic E-state index is 6.01. The first kappa shape index (κ1) is 11.3. The average Bonchev–Trinajstić information content (AvgIpc) is 2.57. The Bertz CT molecular complexity index is 375. The Hall–Kier alpha value is -0.830. The number of aromatic amines is 1. The van der Waals surface area contributed by atoms with Crippen LogP contribution in [0.15, 0.2) is 0 Å². The highest BCUT2D eigenvalue weighted by Gasteiger charge is 2.23. The van der Waals surface area contributed by atoms with Crippen LogP contribution in [0.1, 0.15) is 68.1 Å². The fourth-order valence-corrected chi connectivity index (χ4v) is 3.28. The van der Waals surface area contributed by atoms with Gasteiger partial charge in [-0.2, -0.15) is 0 Å². The molecule has 3 heteroatoms. The second-order valence-electron chi connectivity index (χ2n) is 5.74.